The van der Waals surface area contributed by atoms with Gasteiger partial charge in [0, 0.05) is 79.3 Å². The molecule has 10 aromatic carbocycles. The Hall–Kier alpha value is -11.9. The molecular formula is C103H107BrF10N16S. The van der Waals surface area contributed by atoms with E-state index in [2.05, 4.69) is 115 Å². The van der Waals surface area contributed by atoms with Gasteiger partial charge in [-0.1, -0.05) is 138 Å². The van der Waals surface area contributed by atoms with Crippen molar-refractivity contribution >= 4 is 94.1 Å². The average molecular weight is 1870 g/mol. The third-order valence-corrected chi connectivity index (χ3v) is 23.8. The van der Waals surface area contributed by atoms with Gasteiger partial charge in [-0.2, -0.15) is 39.5 Å². The highest BCUT2D eigenvalue weighted by Crippen LogP contribution is 2.42. The monoisotopic (exact) mass is 1870 g/mol. The lowest BCUT2D eigenvalue weighted by Gasteiger charge is -2.26. The Balaban J connectivity index is 0.000000149. The van der Waals surface area contributed by atoms with Gasteiger partial charge in [0.1, 0.15) is 29.1 Å². The van der Waals surface area contributed by atoms with E-state index in [0.29, 0.717) is 79.8 Å². The van der Waals surface area contributed by atoms with Gasteiger partial charge in [-0.05, 0) is 313 Å². The number of rotatable bonds is 27. The zero-order valence-electron chi connectivity index (χ0n) is 75.2. The maximum Gasteiger partial charge on any atom is 0.416 e. The van der Waals surface area contributed by atoms with Gasteiger partial charge in [0.25, 0.3) is 0 Å². The number of hydrogen-bond acceptors (Lipinski definition) is 17. The Morgan fingerprint density at radius 3 is 1.11 bits per heavy atom. The van der Waals surface area contributed by atoms with Crippen molar-refractivity contribution in [3.63, 3.8) is 0 Å². The molecule has 6 heterocycles. The summed E-state index contributed by atoms with van der Waals surface area (Å²) in [5.74, 6) is 4.04. The molecule has 0 aliphatic carbocycles. The fourth-order valence-electron chi connectivity index (χ4n) is 15.5. The summed E-state index contributed by atoms with van der Waals surface area (Å²) in [5.41, 5.74) is 10.9. The van der Waals surface area contributed by atoms with Crippen LogP contribution in [0.25, 0.3) is 122 Å². The predicted octanol–water partition coefficient (Wildman–Crippen LogP) is 26.1. The second kappa shape index (κ2) is 43.9. The quantitative estimate of drug-likeness (QED) is 0.0284. The molecule has 0 unspecified atom stereocenters. The Morgan fingerprint density at radius 2 is 0.695 bits per heavy atom. The van der Waals surface area contributed by atoms with Gasteiger partial charge in [-0.15, -0.1) is 11.3 Å². The average Bonchev–Trinajstić information content (AvgIpc) is 1.06. The number of likely N-dealkylation sites (tertiary alicyclic amines) is 1. The van der Waals surface area contributed by atoms with Crippen LogP contribution in [0.15, 0.2) is 222 Å². The van der Waals surface area contributed by atoms with Gasteiger partial charge in [-0.25, -0.2) is 44.3 Å². The van der Waals surface area contributed by atoms with Gasteiger partial charge in [0.05, 0.1) is 38.8 Å². The normalized spacial score (nSPS) is 12.6. The maximum absolute atomic E-state index is 14.1. The molecule has 28 heteroatoms. The molecule has 0 atom stereocenters. The van der Waals surface area contributed by atoms with E-state index >= 15 is 0 Å². The zero-order chi connectivity index (χ0) is 93.3. The molecule has 131 heavy (non-hydrogen) atoms. The van der Waals surface area contributed by atoms with Crippen molar-refractivity contribution < 1.29 is 43.9 Å². The molecule has 0 bridgehead atoms. The fraction of sp³-hybridized carbons (Fsp3) is 0.301. The topological polar surface area (TPSA) is 164 Å². The lowest BCUT2D eigenvalue weighted by Crippen LogP contribution is -2.31. The molecule has 4 N–H and O–H groups in total. The SMILES string of the molecule is Cc1ccc(-c2cccc(-c3nc(NCCCN(C)C)c4cccc(C)c4n3)c2)cc1F.Cc1cccc2c(NCCCN(C)C)nc(-c3cc(-c4ccccc4)cc(C(F)(F)F)c3)nc12.Cc1cccc2c(NCCCN(C)C)nc(-c3cc(-c4cccs4)cc(C(F)(F)F)c3)nc12.Cc1cccc2c(NCCCN3CCCCC3)nc(-c3cc(Br)cc(C(F)(F)F)c3)nc12. The lowest BCUT2D eigenvalue weighted by molar-refractivity contribution is -0.138. The Morgan fingerprint density at radius 1 is 0.336 bits per heavy atom. The van der Waals surface area contributed by atoms with Gasteiger partial charge in [-0.3, -0.25) is 0 Å². The van der Waals surface area contributed by atoms with Crippen molar-refractivity contribution in [3.8, 4) is 78.2 Å². The smallest absolute Gasteiger partial charge is 0.369 e. The van der Waals surface area contributed by atoms with Crippen molar-refractivity contribution in [2.24, 2.45) is 0 Å². The van der Waals surface area contributed by atoms with Crippen LogP contribution in [0.3, 0.4) is 0 Å². The van der Waals surface area contributed by atoms with E-state index in [1.54, 1.807) is 55.5 Å². The number of aryl methyl sites for hydroxylation is 5. The summed E-state index contributed by atoms with van der Waals surface area (Å²) in [6.07, 6.45) is -5.75. The first-order valence-corrected chi connectivity index (χ1v) is 45.4. The van der Waals surface area contributed by atoms with E-state index in [0.717, 1.165) is 196 Å². The second-order valence-electron chi connectivity index (χ2n) is 33.6. The molecule has 5 aromatic heterocycles. The predicted molar refractivity (Wildman–Crippen MR) is 519 cm³/mol. The molecule has 15 aromatic rings. The standard InChI is InChI=1S/C27H27F3N4.C27H29FN4.C25H25F3N4S.C24H26BrF3N4/c1-18-9-7-12-23-24(18)32-25(33-26(23)31-13-8-14-34(2)3)21-15-20(19-10-5-4-6-11-19)16-22(17-21)27(28,29)30;1-18-12-13-21(17-24(18)28)20-9-6-10-22(16-20)26-30-25-19(2)8-5-11-23(25)27(31-26)29-14-7-15-32(3)4;1-16-7-4-8-20-22(16)30-23(31-24(20)29-10-6-11-32(2)3)18-13-17(21-9-5-12-33-21)14-19(15-18)25(26,27)28;1-16-7-5-8-20-21(16)30-22(17-13-18(24(26,27)28)15-19(25)14-17)31-23(20)29-9-6-12-32-10-3-2-4-11-32/h4-7,9-12,15-17H,8,13-14H2,1-3H3,(H,31,32,33);5-6,8-13,16-17H,7,14-15H2,1-4H3,(H,29,30,31);4-5,7-9,12-15H,6,10-11H2,1-3H3,(H,29,30,31);5,7-8,13-15H,2-4,6,9-12H2,1H3,(H,29,30,31). The minimum atomic E-state index is -4.49. The first-order valence-electron chi connectivity index (χ1n) is 43.7. The number of alkyl halides is 9. The minimum Gasteiger partial charge on any atom is -0.369 e. The minimum absolute atomic E-state index is 0.199. The highest BCUT2D eigenvalue weighted by atomic mass is 79.9. The van der Waals surface area contributed by atoms with E-state index in [1.807, 2.05) is 170 Å². The number of nitrogens with one attached hydrogen (secondary N) is 4. The number of anilines is 4. The third-order valence-electron chi connectivity index (χ3n) is 22.4. The van der Waals surface area contributed by atoms with E-state index in [9.17, 15) is 43.9 Å². The van der Waals surface area contributed by atoms with Crippen molar-refractivity contribution in [2.45, 2.75) is 98.1 Å². The van der Waals surface area contributed by atoms with Crippen molar-refractivity contribution in [3.05, 3.63) is 273 Å². The summed E-state index contributed by atoms with van der Waals surface area (Å²) in [6.45, 7) is 18.8. The van der Waals surface area contributed by atoms with Gasteiger partial charge in [0.15, 0.2) is 23.3 Å². The highest BCUT2D eigenvalue weighted by Gasteiger charge is 2.35. The molecule has 16 nitrogen and oxygen atoms in total. The molecule has 0 radical (unpaired) electrons. The summed E-state index contributed by atoms with van der Waals surface area (Å²) >= 11 is 4.60. The second-order valence-corrected chi connectivity index (χ2v) is 35.5. The van der Waals surface area contributed by atoms with Crippen LogP contribution in [0.1, 0.15) is 89.5 Å². The van der Waals surface area contributed by atoms with E-state index in [-0.39, 0.29) is 23.3 Å². The van der Waals surface area contributed by atoms with Gasteiger partial charge < -0.3 is 40.9 Å². The van der Waals surface area contributed by atoms with Crippen molar-refractivity contribution in [2.75, 3.05) is 129 Å². The molecule has 1 aliphatic heterocycles. The maximum atomic E-state index is 14.1. The summed E-state index contributed by atoms with van der Waals surface area (Å²) in [6, 6.07) is 61.5. The number of nitrogens with zero attached hydrogens (tertiary/aromatic N) is 12. The van der Waals surface area contributed by atoms with Crippen molar-refractivity contribution in [1.82, 2.24) is 59.5 Å². The molecular weight excluding hydrogens is 1760 g/mol. The van der Waals surface area contributed by atoms with Crippen LogP contribution in [-0.4, -0.2) is 167 Å². The van der Waals surface area contributed by atoms with Gasteiger partial charge in [0.2, 0.25) is 0 Å². The Kier molecular flexibility index (Phi) is 32.4. The Labute approximate surface area is 770 Å². The third kappa shape index (κ3) is 25.9. The summed E-state index contributed by atoms with van der Waals surface area (Å²) in [4.78, 5) is 47.4. The van der Waals surface area contributed by atoms with Crippen LogP contribution in [0.5, 0.6) is 0 Å². The number of hydrogen-bond donors (Lipinski definition) is 4. The van der Waals surface area contributed by atoms with E-state index < -0.39 is 35.2 Å². The van der Waals surface area contributed by atoms with Crippen molar-refractivity contribution in [1.29, 1.82) is 0 Å². The highest BCUT2D eigenvalue weighted by molar-refractivity contribution is 9.10. The number of piperidine rings is 1. The number of thiophene rings is 1. The lowest BCUT2D eigenvalue weighted by atomic mass is 9.99. The molecule has 0 amide bonds. The van der Waals surface area contributed by atoms with Crippen LogP contribution in [-0.2, 0) is 18.5 Å². The molecule has 1 fully saturated rings. The number of para-hydroxylation sites is 4. The molecule has 0 saturated carbocycles. The van der Waals surface area contributed by atoms with Crippen LogP contribution >= 0.6 is 27.3 Å². The molecule has 682 valence electrons. The number of halogens is 11. The number of aromatic nitrogens is 8. The molecule has 1 saturated heterocycles. The Bertz CT molecular complexity index is 6420. The zero-order valence-corrected chi connectivity index (χ0v) is 77.6. The molecule has 1 aliphatic rings. The molecule has 16 rings (SSSR count). The van der Waals surface area contributed by atoms with Crippen LogP contribution in [0.2, 0.25) is 0 Å². The van der Waals surface area contributed by atoms with Crippen LogP contribution in [0, 0.1) is 40.4 Å². The largest absolute Gasteiger partial charge is 0.416 e. The summed E-state index contributed by atoms with van der Waals surface area (Å²) in [5, 5.41) is 19.1. The van der Waals surface area contributed by atoms with E-state index in [4.69, 9.17) is 15.0 Å². The number of fused-ring (bicyclic) bond motifs is 4. The fourth-order valence-corrected chi connectivity index (χ4v) is 16.7. The van der Waals surface area contributed by atoms with Crippen LogP contribution < -0.4 is 21.3 Å². The van der Waals surface area contributed by atoms with Crippen LogP contribution in [0.4, 0.5) is 67.2 Å². The first-order chi connectivity index (χ1) is 62.7. The summed E-state index contributed by atoms with van der Waals surface area (Å²) < 4.78 is 137. The van der Waals surface area contributed by atoms with E-state index in [1.165, 1.54) is 42.7 Å². The van der Waals surface area contributed by atoms with Gasteiger partial charge >= 0.3 is 18.5 Å². The number of benzene rings is 10. The molecule has 0 spiro atoms. The first kappa shape index (κ1) is 96.6. The summed E-state index contributed by atoms with van der Waals surface area (Å²) in [7, 11) is 12.2.